The van der Waals surface area contributed by atoms with Gasteiger partial charge in [-0.05, 0) is 48.3 Å². The van der Waals surface area contributed by atoms with Crippen LogP contribution in [0.4, 0.5) is 0 Å². The van der Waals surface area contributed by atoms with E-state index in [1.54, 1.807) is 11.3 Å². The lowest BCUT2D eigenvalue weighted by atomic mass is 9.74. The standard InChI is InChI=1S/C21H26N2O2S/c1-2-5-19(24)23-12-4-11-21(15-23,20(22)25)14-16-7-9-17(10-8-16)18-6-3-13-26-18/h3,6-10,13H,2,4-5,11-12,14-15H2,1H3,(H2,22,25)/t21-/m1/s1. The predicted molar refractivity (Wildman–Crippen MR) is 106 cm³/mol. The van der Waals surface area contributed by atoms with Gasteiger partial charge in [-0.25, -0.2) is 0 Å². The lowest BCUT2D eigenvalue weighted by Gasteiger charge is -2.41. The number of hydrogen-bond donors (Lipinski definition) is 1. The SMILES string of the molecule is CCCC(=O)N1CCC[C@](Cc2ccc(-c3cccs3)cc2)(C(N)=O)C1. The quantitative estimate of drug-likeness (QED) is 0.839. The smallest absolute Gasteiger partial charge is 0.225 e. The number of piperidine rings is 1. The van der Waals surface area contributed by atoms with Crippen LogP contribution >= 0.6 is 11.3 Å². The van der Waals surface area contributed by atoms with Crippen LogP contribution in [0.15, 0.2) is 41.8 Å². The molecule has 1 aliphatic heterocycles. The number of primary amides is 1. The van der Waals surface area contributed by atoms with E-state index in [-0.39, 0.29) is 11.8 Å². The highest BCUT2D eigenvalue weighted by molar-refractivity contribution is 7.13. The van der Waals surface area contributed by atoms with Crippen LogP contribution < -0.4 is 5.73 Å². The highest BCUT2D eigenvalue weighted by Crippen LogP contribution is 2.35. The van der Waals surface area contributed by atoms with Crippen molar-refractivity contribution >= 4 is 23.2 Å². The van der Waals surface area contributed by atoms with Gasteiger partial charge >= 0.3 is 0 Å². The van der Waals surface area contributed by atoms with Crippen molar-refractivity contribution in [2.45, 2.75) is 39.0 Å². The first kappa shape index (κ1) is 18.6. The summed E-state index contributed by atoms with van der Waals surface area (Å²) in [6.07, 6.45) is 3.51. The van der Waals surface area contributed by atoms with Crippen molar-refractivity contribution in [2.75, 3.05) is 13.1 Å². The van der Waals surface area contributed by atoms with Crippen LogP contribution in [0.5, 0.6) is 0 Å². The molecule has 2 aromatic rings. The average molecular weight is 371 g/mol. The first-order valence-electron chi connectivity index (χ1n) is 9.24. The number of carbonyl (C=O) groups is 2. The van der Waals surface area contributed by atoms with Crippen LogP contribution in [0.2, 0.25) is 0 Å². The van der Waals surface area contributed by atoms with Gasteiger partial charge in [-0.2, -0.15) is 0 Å². The molecule has 3 rings (SSSR count). The molecular formula is C21H26N2O2S. The van der Waals surface area contributed by atoms with Crippen molar-refractivity contribution in [3.8, 4) is 10.4 Å². The van der Waals surface area contributed by atoms with Crippen molar-refractivity contribution in [2.24, 2.45) is 11.1 Å². The van der Waals surface area contributed by atoms with E-state index in [0.29, 0.717) is 19.4 Å². The van der Waals surface area contributed by atoms with E-state index >= 15 is 0 Å². The second-order valence-corrected chi connectivity index (χ2v) is 8.11. The molecule has 138 valence electrons. The average Bonchev–Trinajstić information content (AvgIpc) is 3.17. The first-order valence-corrected chi connectivity index (χ1v) is 10.1. The molecule has 2 amide bonds. The van der Waals surface area contributed by atoms with Gasteiger partial charge in [0.2, 0.25) is 11.8 Å². The van der Waals surface area contributed by atoms with Gasteiger partial charge in [0.05, 0.1) is 5.41 Å². The number of nitrogens with zero attached hydrogens (tertiary/aromatic N) is 1. The van der Waals surface area contributed by atoms with Crippen molar-refractivity contribution < 1.29 is 9.59 Å². The van der Waals surface area contributed by atoms with Gasteiger partial charge in [-0.15, -0.1) is 11.3 Å². The maximum Gasteiger partial charge on any atom is 0.225 e. The topological polar surface area (TPSA) is 63.4 Å². The zero-order valence-corrected chi connectivity index (χ0v) is 16.1. The summed E-state index contributed by atoms with van der Waals surface area (Å²) < 4.78 is 0. The van der Waals surface area contributed by atoms with Crippen LogP contribution in [0, 0.1) is 5.41 Å². The number of amides is 2. The molecule has 2 heterocycles. The molecule has 0 spiro atoms. The molecular weight excluding hydrogens is 344 g/mol. The number of rotatable bonds is 6. The second-order valence-electron chi connectivity index (χ2n) is 7.16. The summed E-state index contributed by atoms with van der Waals surface area (Å²) in [5, 5.41) is 2.06. The van der Waals surface area contributed by atoms with Gasteiger partial charge in [0.1, 0.15) is 0 Å². The molecule has 1 saturated heterocycles. The minimum absolute atomic E-state index is 0.130. The molecule has 5 heteroatoms. The second kappa shape index (κ2) is 8.04. The number of carbonyl (C=O) groups excluding carboxylic acids is 2. The van der Waals surface area contributed by atoms with Gasteiger partial charge < -0.3 is 10.6 Å². The van der Waals surface area contributed by atoms with E-state index in [2.05, 4.69) is 35.7 Å². The fraction of sp³-hybridized carbons (Fsp3) is 0.429. The molecule has 0 radical (unpaired) electrons. The maximum absolute atomic E-state index is 12.3. The minimum Gasteiger partial charge on any atom is -0.369 e. The summed E-state index contributed by atoms with van der Waals surface area (Å²) in [4.78, 5) is 27.7. The summed E-state index contributed by atoms with van der Waals surface area (Å²) in [6, 6.07) is 12.5. The van der Waals surface area contributed by atoms with Crippen molar-refractivity contribution in [1.82, 2.24) is 4.90 Å². The van der Waals surface area contributed by atoms with Crippen LogP contribution in [0.25, 0.3) is 10.4 Å². The molecule has 1 aliphatic rings. The van der Waals surface area contributed by atoms with Crippen LogP contribution in [-0.2, 0) is 16.0 Å². The van der Waals surface area contributed by atoms with E-state index in [4.69, 9.17) is 5.73 Å². The van der Waals surface area contributed by atoms with E-state index in [1.807, 2.05) is 17.9 Å². The Morgan fingerprint density at radius 2 is 2.00 bits per heavy atom. The van der Waals surface area contributed by atoms with Gasteiger partial charge in [0.15, 0.2) is 0 Å². The number of benzene rings is 1. The van der Waals surface area contributed by atoms with Gasteiger partial charge in [0.25, 0.3) is 0 Å². The predicted octanol–water partition coefficient (Wildman–Crippen LogP) is 3.85. The molecule has 0 unspecified atom stereocenters. The van der Waals surface area contributed by atoms with Crippen molar-refractivity contribution in [3.63, 3.8) is 0 Å². The fourth-order valence-electron chi connectivity index (χ4n) is 3.77. The molecule has 4 nitrogen and oxygen atoms in total. The molecule has 0 bridgehead atoms. The molecule has 1 atom stereocenters. The molecule has 0 saturated carbocycles. The number of thiophene rings is 1. The van der Waals surface area contributed by atoms with Crippen molar-refractivity contribution in [3.05, 3.63) is 47.3 Å². The Hall–Kier alpha value is -2.14. The molecule has 0 aliphatic carbocycles. The minimum atomic E-state index is -0.661. The summed E-state index contributed by atoms with van der Waals surface area (Å²) in [6.45, 7) is 3.16. The summed E-state index contributed by atoms with van der Waals surface area (Å²) in [7, 11) is 0. The molecule has 1 aromatic heterocycles. The van der Waals surface area contributed by atoms with Crippen LogP contribution in [0.3, 0.4) is 0 Å². The monoisotopic (exact) mass is 370 g/mol. The van der Waals surface area contributed by atoms with Crippen molar-refractivity contribution in [1.29, 1.82) is 0 Å². The highest BCUT2D eigenvalue weighted by Gasteiger charge is 2.41. The Kier molecular flexibility index (Phi) is 5.77. The number of nitrogens with two attached hydrogens (primary N) is 1. The molecule has 1 aromatic carbocycles. The van der Waals surface area contributed by atoms with E-state index < -0.39 is 5.41 Å². The summed E-state index contributed by atoms with van der Waals surface area (Å²) in [5.74, 6) is -0.167. The Morgan fingerprint density at radius 1 is 1.23 bits per heavy atom. The molecule has 1 fully saturated rings. The third kappa shape index (κ3) is 3.98. The van der Waals surface area contributed by atoms with Gasteiger partial charge in [0, 0.05) is 24.4 Å². The first-order chi connectivity index (χ1) is 12.5. The maximum atomic E-state index is 12.3. The Balaban J connectivity index is 1.77. The van der Waals surface area contributed by atoms with E-state index in [0.717, 1.165) is 31.4 Å². The van der Waals surface area contributed by atoms with Crippen LogP contribution in [0.1, 0.15) is 38.2 Å². The Bertz CT molecular complexity index is 755. The third-order valence-electron chi connectivity index (χ3n) is 5.22. The van der Waals surface area contributed by atoms with Gasteiger partial charge in [-0.1, -0.05) is 37.3 Å². The fourth-order valence-corrected chi connectivity index (χ4v) is 4.50. The summed E-state index contributed by atoms with van der Waals surface area (Å²) in [5.41, 5.74) is 7.43. The zero-order chi connectivity index (χ0) is 18.6. The number of likely N-dealkylation sites (tertiary alicyclic amines) is 1. The normalized spacial score (nSPS) is 20.1. The summed E-state index contributed by atoms with van der Waals surface area (Å²) >= 11 is 1.71. The Morgan fingerprint density at radius 3 is 2.62 bits per heavy atom. The van der Waals surface area contributed by atoms with E-state index in [1.165, 1.54) is 10.4 Å². The molecule has 26 heavy (non-hydrogen) atoms. The van der Waals surface area contributed by atoms with E-state index in [9.17, 15) is 9.59 Å². The van der Waals surface area contributed by atoms with Gasteiger partial charge in [-0.3, -0.25) is 9.59 Å². The number of hydrogen-bond acceptors (Lipinski definition) is 3. The molecule has 2 N–H and O–H groups in total. The zero-order valence-electron chi connectivity index (χ0n) is 15.2. The largest absolute Gasteiger partial charge is 0.369 e. The van der Waals surface area contributed by atoms with Crippen LogP contribution in [-0.4, -0.2) is 29.8 Å². The lowest BCUT2D eigenvalue weighted by molar-refractivity contribution is -0.140. The Labute approximate surface area is 159 Å². The lowest BCUT2D eigenvalue weighted by Crippen LogP contribution is -2.53. The third-order valence-corrected chi connectivity index (χ3v) is 6.14. The highest BCUT2D eigenvalue weighted by atomic mass is 32.1.